The average Bonchev–Trinajstić information content (AvgIpc) is 2.42. The number of likely N-dealkylation sites (N-methyl/N-ethyl adjacent to an activating group) is 1. The molecule has 122 valence electrons. The summed E-state index contributed by atoms with van der Waals surface area (Å²) in [4.78, 5) is 10.4. The molecule has 9 atom stereocenters. The molecule has 0 aromatic rings. The lowest BCUT2D eigenvalue weighted by Gasteiger charge is -2.48. The number of nitrogens with one attached hydrogen (secondary N) is 1. The number of fused-ring (bicyclic) bond motifs is 1. The van der Waals surface area contributed by atoms with Gasteiger partial charge in [-0.25, -0.2) is 0 Å². The Morgan fingerprint density at radius 2 is 2.19 bits per heavy atom. The standard InChI is InChI=1S/C11H21N2O7P/c1-13-6-7(15)8-5(2-4(12)9(16)19-8)18-10(6)20-11(17)21-3-14/h3-11,13,15-17,21H,2,12H2,1H3/t4-,5-,6?,7?,8?,9?,10?,11?/m0/s1. The van der Waals surface area contributed by atoms with Crippen molar-refractivity contribution in [1.82, 2.24) is 5.32 Å². The Bertz CT molecular complexity index is 361. The van der Waals surface area contributed by atoms with E-state index in [1.54, 1.807) is 7.05 Å². The van der Waals surface area contributed by atoms with E-state index in [0.29, 0.717) is 6.03 Å². The molecule has 0 aromatic heterocycles. The lowest BCUT2D eigenvalue weighted by molar-refractivity contribution is -0.328. The van der Waals surface area contributed by atoms with Crippen LogP contribution in [0.15, 0.2) is 0 Å². The fourth-order valence-corrected chi connectivity index (χ4v) is 2.90. The molecule has 0 aliphatic carbocycles. The Labute approximate surface area is 123 Å². The van der Waals surface area contributed by atoms with Crippen molar-refractivity contribution >= 4 is 14.6 Å². The maximum atomic E-state index is 10.4. The van der Waals surface area contributed by atoms with Gasteiger partial charge in [-0.1, -0.05) is 0 Å². The summed E-state index contributed by atoms with van der Waals surface area (Å²) in [6, 6.07) is -2.06. The Morgan fingerprint density at radius 3 is 2.81 bits per heavy atom. The quantitative estimate of drug-likeness (QED) is 0.207. The van der Waals surface area contributed by atoms with Crippen LogP contribution in [0.1, 0.15) is 6.42 Å². The van der Waals surface area contributed by atoms with Gasteiger partial charge < -0.3 is 40.6 Å². The van der Waals surface area contributed by atoms with Crippen LogP contribution < -0.4 is 11.1 Å². The average molecular weight is 324 g/mol. The van der Waals surface area contributed by atoms with Gasteiger partial charge in [-0.15, -0.1) is 0 Å². The molecule has 10 heteroatoms. The van der Waals surface area contributed by atoms with Gasteiger partial charge in [0.25, 0.3) is 0 Å². The highest BCUT2D eigenvalue weighted by Crippen LogP contribution is 2.32. The summed E-state index contributed by atoms with van der Waals surface area (Å²) in [5, 5.41) is 32.4. The van der Waals surface area contributed by atoms with E-state index < -0.39 is 57.6 Å². The second-order valence-electron chi connectivity index (χ2n) is 5.01. The molecule has 2 aliphatic rings. The van der Waals surface area contributed by atoms with Crippen LogP contribution in [-0.4, -0.2) is 77.4 Å². The number of hydrogen-bond donors (Lipinski definition) is 5. The smallest absolute Gasteiger partial charge is 0.180 e. The third-order valence-corrected chi connectivity index (χ3v) is 4.20. The van der Waals surface area contributed by atoms with Crippen molar-refractivity contribution in [3.8, 4) is 0 Å². The van der Waals surface area contributed by atoms with Crippen LogP contribution >= 0.6 is 8.58 Å². The molecule has 0 amide bonds. The predicted octanol–water partition coefficient (Wildman–Crippen LogP) is -2.74. The SMILES string of the molecule is CNC1C(OC(O)PC=O)O[C@H]2C[C@H](N)C(O)OC2C1O. The number of ether oxygens (including phenoxy) is 3. The normalized spacial score (nSPS) is 45.5. The van der Waals surface area contributed by atoms with Crippen LogP contribution in [0, 0.1) is 0 Å². The minimum absolute atomic E-state index is 0.283. The highest BCUT2D eigenvalue weighted by atomic mass is 31.1. The van der Waals surface area contributed by atoms with Gasteiger partial charge in [-0.05, 0) is 13.5 Å². The molecular formula is C11H21N2O7P. The zero-order valence-corrected chi connectivity index (χ0v) is 12.5. The molecule has 2 heterocycles. The lowest BCUT2D eigenvalue weighted by Crippen LogP contribution is -2.67. The Balaban J connectivity index is 2.07. The molecule has 2 fully saturated rings. The molecule has 9 nitrogen and oxygen atoms in total. The third kappa shape index (κ3) is 3.76. The molecular weight excluding hydrogens is 303 g/mol. The van der Waals surface area contributed by atoms with Crippen molar-refractivity contribution in [3.05, 3.63) is 0 Å². The number of carbonyl (C=O) groups excluding carboxylic acids is 1. The number of aliphatic hydroxyl groups is 3. The molecule has 7 unspecified atom stereocenters. The largest absolute Gasteiger partial charge is 0.388 e. The summed E-state index contributed by atoms with van der Waals surface area (Å²) in [6.07, 6.45) is -4.18. The molecule has 21 heavy (non-hydrogen) atoms. The van der Waals surface area contributed by atoms with E-state index in [2.05, 4.69) is 5.32 Å². The van der Waals surface area contributed by atoms with Crippen molar-refractivity contribution in [2.45, 2.75) is 55.4 Å². The number of hydrogen-bond acceptors (Lipinski definition) is 9. The minimum atomic E-state index is -1.30. The van der Waals surface area contributed by atoms with Gasteiger partial charge in [0.2, 0.25) is 0 Å². The first-order valence-corrected chi connectivity index (χ1v) is 7.76. The van der Waals surface area contributed by atoms with Gasteiger partial charge >= 0.3 is 0 Å². The van der Waals surface area contributed by atoms with Gasteiger partial charge in [0.15, 0.2) is 18.6 Å². The van der Waals surface area contributed by atoms with Crippen LogP contribution in [0.4, 0.5) is 0 Å². The van der Waals surface area contributed by atoms with Gasteiger partial charge in [-0.2, -0.15) is 0 Å². The zero-order valence-electron chi connectivity index (χ0n) is 11.5. The van der Waals surface area contributed by atoms with Crippen molar-refractivity contribution in [3.63, 3.8) is 0 Å². The van der Waals surface area contributed by atoms with Crippen LogP contribution in [0.5, 0.6) is 0 Å². The first-order chi connectivity index (χ1) is 9.97. The fraction of sp³-hybridized carbons (Fsp3) is 0.909. The second-order valence-corrected chi connectivity index (χ2v) is 6.07. The van der Waals surface area contributed by atoms with E-state index in [4.69, 9.17) is 19.9 Å². The predicted molar refractivity (Wildman–Crippen MR) is 73.1 cm³/mol. The molecule has 0 bridgehead atoms. The first kappa shape index (κ1) is 17.1. The summed E-state index contributed by atoms with van der Waals surface area (Å²) in [5.74, 6) is 0. The molecule has 0 saturated carbocycles. The molecule has 0 aromatic carbocycles. The van der Waals surface area contributed by atoms with E-state index in [0.717, 1.165) is 0 Å². The fourth-order valence-electron chi connectivity index (χ4n) is 2.57. The highest BCUT2D eigenvalue weighted by Gasteiger charge is 2.50. The van der Waals surface area contributed by atoms with Crippen LogP contribution in [0.2, 0.25) is 0 Å². The van der Waals surface area contributed by atoms with Gasteiger partial charge in [0.1, 0.15) is 18.2 Å². The van der Waals surface area contributed by atoms with Gasteiger partial charge in [-0.3, -0.25) is 4.79 Å². The van der Waals surface area contributed by atoms with Gasteiger partial charge in [0, 0.05) is 8.58 Å². The summed E-state index contributed by atoms with van der Waals surface area (Å²) in [5.41, 5.74) is 5.70. The second kappa shape index (κ2) is 7.36. The molecule has 2 aliphatic heterocycles. The molecule has 0 spiro atoms. The van der Waals surface area contributed by atoms with E-state index >= 15 is 0 Å². The van der Waals surface area contributed by atoms with E-state index in [9.17, 15) is 20.1 Å². The van der Waals surface area contributed by atoms with Crippen molar-refractivity contribution in [2.24, 2.45) is 5.73 Å². The number of rotatable bonds is 5. The maximum Gasteiger partial charge on any atom is 0.180 e. The summed E-state index contributed by atoms with van der Waals surface area (Å²) in [7, 11) is 1.15. The Hall–Kier alpha value is -0.220. The van der Waals surface area contributed by atoms with Crippen LogP contribution in [-0.2, 0) is 19.0 Å². The van der Waals surface area contributed by atoms with Crippen molar-refractivity contribution < 1.29 is 34.3 Å². The number of nitrogens with two attached hydrogens (primary N) is 1. The Morgan fingerprint density at radius 1 is 1.48 bits per heavy atom. The summed E-state index contributed by atoms with van der Waals surface area (Å²) < 4.78 is 16.2. The third-order valence-electron chi connectivity index (χ3n) is 3.65. The first-order valence-electron chi connectivity index (χ1n) is 6.61. The van der Waals surface area contributed by atoms with Gasteiger partial charge in [0.05, 0.1) is 18.2 Å². The van der Waals surface area contributed by atoms with Crippen LogP contribution in [0.3, 0.4) is 0 Å². The Kier molecular flexibility index (Phi) is 6.01. The summed E-state index contributed by atoms with van der Waals surface area (Å²) in [6.45, 7) is 0. The topological polar surface area (TPSA) is 144 Å². The summed E-state index contributed by atoms with van der Waals surface area (Å²) >= 11 is 0. The highest BCUT2D eigenvalue weighted by molar-refractivity contribution is 7.55. The number of aliphatic hydroxyl groups excluding tert-OH is 3. The molecule has 0 radical (unpaired) electrons. The van der Waals surface area contributed by atoms with Crippen LogP contribution in [0.25, 0.3) is 0 Å². The lowest BCUT2D eigenvalue weighted by atomic mass is 9.90. The zero-order chi connectivity index (χ0) is 15.6. The van der Waals surface area contributed by atoms with Crippen molar-refractivity contribution in [2.75, 3.05) is 7.05 Å². The monoisotopic (exact) mass is 324 g/mol. The molecule has 2 rings (SSSR count). The van der Waals surface area contributed by atoms with E-state index in [-0.39, 0.29) is 6.42 Å². The molecule has 6 N–H and O–H groups in total. The maximum absolute atomic E-state index is 10.4. The minimum Gasteiger partial charge on any atom is -0.388 e. The van der Waals surface area contributed by atoms with E-state index in [1.165, 1.54) is 0 Å². The molecule has 2 saturated heterocycles. The number of carbonyl (C=O) groups is 1. The van der Waals surface area contributed by atoms with E-state index in [1.807, 2.05) is 0 Å². The van der Waals surface area contributed by atoms with Crippen molar-refractivity contribution in [1.29, 1.82) is 0 Å².